The van der Waals surface area contributed by atoms with E-state index in [-0.39, 0.29) is 17.9 Å². The fourth-order valence-corrected chi connectivity index (χ4v) is 4.87. The molecule has 2 amide bonds. The minimum atomic E-state index is -3.81. The molecule has 1 atom stereocenters. The van der Waals surface area contributed by atoms with Crippen LogP contribution in [0.5, 0.6) is 0 Å². The summed E-state index contributed by atoms with van der Waals surface area (Å²) >= 11 is 12.6. The Morgan fingerprint density at radius 3 is 2.03 bits per heavy atom. The minimum Gasteiger partial charge on any atom is -0.355 e. The molecule has 0 spiro atoms. The number of likely N-dealkylation sites (N-methyl/N-ethyl adjacent to an activating group) is 1. The Balaban J connectivity index is 2.45. The van der Waals surface area contributed by atoms with E-state index in [0.717, 1.165) is 16.1 Å². The van der Waals surface area contributed by atoms with Crippen LogP contribution in [0, 0.1) is 0 Å². The number of benzene rings is 2. The molecule has 2 aromatic carbocycles. The van der Waals surface area contributed by atoms with Crippen LogP contribution in [0.3, 0.4) is 0 Å². The minimum absolute atomic E-state index is 0.0593. The molecule has 1 unspecified atom stereocenters. The maximum absolute atomic E-state index is 13.5. The average Bonchev–Trinajstić information content (AvgIpc) is 2.75. The summed E-state index contributed by atoms with van der Waals surface area (Å²) in [6.45, 7) is 9.36. The van der Waals surface area contributed by atoms with Gasteiger partial charge in [-0.25, -0.2) is 8.42 Å². The molecule has 0 aliphatic heterocycles. The first-order valence-electron chi connectivity index (χ1n) is 11.2. The summed E-state index contributed by atoms with van der Waals surface area (Å²) in [5.74, 6) is -0.936. The third-order valence-corrected chi connectivity index (χ3v) is 7.46. The first-order chi connectivity index (χ1) is 16.2. The Labute approximate surface area is 218 Å². The molecule has 7 nitrogen and oxygen atoms in total. The van der Waals surface area contributed by atoms with Gasteiger partial charge in [0, 0.05) is 28.7 Å². The van der Waals surface area contributed by atoms with Crippen LogP contribution >= 0.6 is 23.2 Å². The van der Waals surface area contributed by atoms with Crippen molar-refractivity contribution in [3.05, 3.63) is 63.6 Å². The van der Waals surface area contributed by atoms with Crippen LogP contribution in [0.2, 0.25) is 10.0 Å². The maximum atomic E-state index is 13.5. The quantitative estimate of drug-likeness (QED) is 0.502. The van der Waals surface area contributed by atoms with Crippen LogP contribution < -0.4 is 9.62 Å². The van der Waals surface area contributed by atoms with E-state index >= 15 is 0 Å². The highest BCUT2D eigenvalue weighted by Crippen LogP contribution is 2.28. The van der Waals surface area contributed by atoms with Crippen LogP contribution in [0.4, 0.5) is 5.69 Å². The Hall–Kier alpha value is -2.29. The molecule has 35 heavy (non-hydrogen) atoms. The number of sulfonamides is 1. The number of hydrogen-bond donors (Lipinski definition) is 1. The molecular weight excluding hydrogens is 509 g/mol. The van der Waals surface area contributed by atoms with E-state index in [1.54, 1.807) is 44.2 Å². The second kappa shape index (κ2) is 11.6. The monoisotopic (exact) mass is 541 g/mol. The van der Waals surface area contributed by atoms with E-state index < -0.39 is 28.5 Å². The van der Waals surface area contributed by atoms with Crippen LogP contribution in [0.15, 0.2) is 42.5 Å². The van der Waals surface area contributed by atoms with Crippen molar-refractivity contribution in [2.75, 3.05) is 23.7 Å². The molecular formula is C25H33Cl2N3O4S. The molecule has 192 valence electrons. The molecule has 0 heterocycles. The number of rotatable bonds is 9. The van der Waals surface area contributed by atoms with Gasteiger partial charge in [-0.3, -0.25) is 13.9 Å². The Morgan fingerprint density at radius 2 is 1.57 bits per heavy atom. The first kappa shape index (κ1) is 28.9. The summed E-state index contributed by atoms with van der Waals surface area (Å²) in [5.41, 5.74) is 1.74. The van der Waals surface area contributed by atoms with Gasteiger partial charge >= 0.3 is 0 Å². The Morgan fingerprint density at radius 1 is 1.03 bits per heavy atom. The third kappa shape index (κ3) is 7.59. The summed E-state index contributed by atoms with van der Waals surface area (Å²) in [7, 11) is -3.81. The molecule has 0 aromatic heterocycles. The van der Waals surface area contributed by atoms with Crippen molar-refractivity contribution >= 4 is 50.7 Å². The van der Waals surface area contributed by atoms with Crippen LogP contribution in [-0.2, 0) is 31.6 Å². The molecule has 0 fully saturated rings. The van der Waals surface area contributed by atoms with Gasteiger partial charge in [0.2, 0.25) is 21.8 Å². The zero-order chi connectivity index (χ0) is 26.6. The van der Waals surface area contributed by atoms with Crippen molar-refractivity contribution in [3.63, 3.8) is 0 Å². The van der Waals surface area contributed by atoms with E-state index in [1.807, 2.05) is 12.1 Å². The zero-order valence-corrected chi connectivity index (χ0v) is 23.3. The standard InChI is InChI=1S/C25H33Cl2N3O4S/c1-7-28-24(32)17(2)29(15-20-21(26)9-8-10-22(20)27)23(31)16-30(35(6,33)34)19-13-11-18(12-14-19)25(3,4)5/h8-14,17H,7,15-16H2,1-6H3,(H,28,32). The lowest BCUT2D eigenvalue weighted by molar-refractivity contribution is -0.139. The molecule has 1 N–H and O–H groups in total. The Bertz CT molecular complexity index is 1140. The fourth-order valence-electron chi connectivity index (χ4n) is 3.50. The van der Waals surface area contributed by atoms with Gasteiger partial charge in [-0.05, 0) is 49.1 Å². The van der Waals surface area contributed by atoms with Gasteiger partial charge in [-0.2, -0.15) is 0 Å². The second-order valence-corrected chi connectivity index (χ2v) is 12.1. The average molecular weight is 543 g/mol. The normalized spacial score (nSPS) is 12.7. The van der Waals surface area contributed by atoms with E-state index in [9.17, 15) is 18.0 Å². The molecule has 0 aliphatic carbocycles. The Kier molecular flexibility index (Phi) is 9.62. The van der Waals surface area contributed by atoms with Crippen molar-refractivity contribution < 1.29 is 18.0 Å². The molecule has 10 heteroatoms. The van der Waals surface area contributed by atoms with Gasteiger partial charge in [0.05, 0.1) is 11.9 Å². The lowest BCUT2D eigenvalue weighted by Crippen LogP contribution is -2.51. The summed E-state index contributed by atoms with van der Waals surface area (Å²) in [6, 6.07) is 11.1. The molecule has 0 radical (unpaired) electrons. The van der Waals surface area contributed by atoms with Crippen LogP contribution in [-0.4, -0.2) is 50.5 Å². The topological polar surface area (TPSA) is 86.8 Å². The van der Waals surface area contributed by atoms with E-state index in [1.165, 1.54) is 4.90 Å². The van der Waals surface area contributed by atoms with Crippen molar-refractivity contribution in [1.82, 2.24) is 10.2 Å². The van der Waals surface area contributed by atoms with Crippen molar-refractivity contribution in [1.29, 1.82) is 0 Å². The molecule has 0 aliphatic rings. The van der Waals surface area contributed by atoms with Gasteiger partial charge in [0.25, 0.3) is 0 Å². The number of halogens is 2. The highest BCUT2D eigenvalue weighted by molar-refractivity contribution is 7.92. The van der Waals surface area contributed by atoms with Crippen molar-refractivity contribution in [3.8, 4) is 0 Å². The highest BCUT2D eigenvalue weighted by atomic mass is 35.5. The van der Waals surface area contributed by atoms with Crippen molar-refractivity contribution in [2.24, 2.45) is 0 Å². The lowest BCUT2D eigenvalue weighted by atomic mass is 9.87. The predicted octanol–water partition coefficient (Wildman–Crippen LogP) is 4.61. The smallest absolute Gasteiger partial charge is 0.244 e. The number of nitrogens with zero attached hydrogens (tertiary/aromatic N) is 2. The number of hydrogen-bond acceptors (Lipinski definition) is 4. The number of nitrogens with one attached hydrogen (secondary N) is 1. The van der Waals surface area contributed by atoms with Crippen LogP contribution in [0.1, 0.15) is 45.7 Å². The van der Waals surface area contributed by atoms with Gasteiger partial charge in [-0.15, -0.1) is 0 Å². The van der Waals surface area contributed by atoms with Gasteiger partial charge < -0.3 is 10.2 Å². The predicted molar refractivity (Wildman–Crippen MR) is 142 cm³/mol. The molecule has 0 saturated carbocycles. The van der Waals surface area contributed by atoms with Gasteiger partial charge in [0.1, 0.15) is 12.6 Å². The molecule has 2 rings (SSSR count). The van der Waals surface area contributed by atoms with Crippen LogP contribution in [0.25, 0.3) is 0 Å². The fraction of sp³-hybridized carbons (Fsp3) is 0.440. The molecule has 2 aromatic rings. The molecule has 0 bridgehead atoms. The molecule has 0 saturated heterocycles. The largest absolute Gasteiger partial charge is 0.355 e. The number of anilines is 1. The number of amides is 2. The lowest BCUT2D eigenvalue weighted by Gasteiger charge is -2.32. The summed E-state index contributed by atoms with van der Waals surface area (Å²) in [5, 5.41) is 3.39. The summed E-state index contributed by atoms with van der Waals surface area (Å²) < 4.78 is 26.4. The highest BCUT2D eigenvalue weighted by Gasteiger charge is 2.31. The van der Waals surface area contributed by atoms with E-state index in [0.29, 0.717) is 27.8 Å². The summed E-state index contributed by atoms with van der Waals surface area (Å²) in [4.78, 5) is 27.5. The maximum Gasteiger partial charge on any atom is 0.244 e. The first-order valence-corrected chi connectivity index (χ1v) is 13.9. The number of carbonyl (C=O) groups excluding carboxylic acids is 2. The third-order valence-electron chi connectivity index (χ3n) is 5.61. The number of carbonyl (C=O) groups is 2. The van der Waals surface area contributed by atoms with E-state index in [4.69, 9.17) is 23.2 Å². The van der Waals surface area contributed by atoms with Gasteiger partial charge in [0.15, 0.2) is 0 Å². The summed E-state index contributed by atoms with van der Waals surface area (Å²) in [6.07, 6.45) is 1.04. The van der Waals surface area contributed by atoms with Crippen molar-refractivity contribution in [2.45, 2.75) is 52.6 Å². The second-order valence-electron chi connectivity index (χ2n) is 9.36. The zero-order valence-electron chi connectivity index (χ0n) is 20.9. The SMILES string of the molecule is CCNC(=O)C(C)N(Cc1c(Cl)cccc1Cl)C(=O)CN(c1ccc(C(C)(C)C)cc1)S(C)(=O)=O. The van der Waals surface area contributed by atoms with Gasteiger partial charge in [-0.1, -0.05) is 62.2 Å². The van der Waals surface area contributed by atoms with E-state index in [2.05, 4.69) is 26.1 Å².